The van der Waals surface area contributed by atoms with E-state index in [-0.39, 0.29) is 5.56 Å². The number of rotatable bonds is 3. The molecule has 0 aliphatic rings. The van der Waals surface area contributed by atoms with Crippen LogP contribution in [0, 0.1) is 6.92 Å². The summed E-state index contributed by atoms with van der Waals surface area (Å²) in [6, 6.07) is 34.0. The molecule has 4 aromatic carbocycles. The Labute approximate surface area is 207 Å². The van der Waals surface area contributed by atoms with Gasteiger partial charge in [0.2, 0.25) is 0 Å². The van der Waals surface area contributed by atoms with Gasteiger partial charge < -0.3 is 4.98 Å². The predicted octanol–water partition coefficient (Wildman–Crippen LogP) is 8.04. The zero-order valence-corrected chi connectivity index (χ0v) is 19.8. The van der Waals surface area contributed by atoms with E-state index in [1.165, 1.54) is 0 Å². The first-order valence-corrected chi connectivity index (χ1v) is 11.8. The standard InChI is InChI=1S/C31H21ClN2O/c1-19-11-16-27-25(17-19)29(21-7-3-2-4-8-21)30(31(35)34-27)28-18-24(20-12-14-22(32)15-13-20)23-9-5-6-10-26(23)33-28/h2-18H,1H3,(H,34,35). The van der Waals surface area contributed by atoms with Gasteiger partial charge in [-0.2, -0.15) is 0 Å². The van der Waals surface area contributed by atoms with Crippen molar-refractivity contribution in [2.24, 2.45) is 0 Å². The van der Waals surface area contributed by atoms with E-state index < -0.39 is 0 Å². The lowest BCUT2D eigenvalue weighted by Crippen LogP contribution is -2.12. The van der Waals surface area contributed by atoms with Crippen LogP contribution in [0.3, 0.4) is 0 Å². The molecule has 168 valence electrons. The van der Waals surface area contributed by atoms with Gasteiger partial charge >= 0.3 is 0 Å². The van der Waals surface area contributed by atoms with Crippen LogP contribution in [0.2, 0.25) is 5.02 Å². The number of aryl methyl sites for hydroxylation is 1. The van der Waals surface area contributed by atoms with Gasteiger partial charge in [0.05, 0.1) is 16.8 Å². The van der Waals surface area contributed by atoms with E-state index in [2.05, 4.69) is 24.0 Å². The monoisotopic (exact) mass is 472 g/mol. The largest absolute Gasteiger partial charge is 0.321 e. The Morgan fingerprint density at radius 1 is 0.714 bits per heavy atom. The molecule has 6 rings (SSSR count). The molecule has 0 amide bonds. The summed E-state index contributed by atoms with van der Waals surface area (Å²) in [4.78, 5) is 21.7. The Kier molecular flexibility index (Phi) is 5.20. The molecule has 6 aromatic rings. The molecule has 0 aliphatic heterocycles. The highest BCUT2D eigenvalue weighted by atomic mass is 35.5. The maximum atomic E-state index is 13.6. The third kappa shape index (κ3) is 3.80. The molecule has 1 N–H and O–H groups in total. The number of pyridine rings is 2. The van der Waals surface area contributed by atoms with Crippen LogP contribution in [-0.2, 0) is 0 Å². The van der Waals surface area contributed by atoms with Gasteiger partial charge in [-0.3, -0.25) is 4.79 Å². The van der Waals surface area contributed by atoms with Crippen LogP contribution in [0.25, 0.3) is 55.3 Å². The van der Waals surface area contributed by atoms with E-state index in [1.807, 2.05) is 91.0 Å². The third-order valence-electron chi connectivity index (χ3n) is 6.36. The number of aromatic amines is 1. The minimum Gasteiger partial charge on any atom is -0.321 e. The molecule has 0 fully saturated rings. The zero-order valence-electron chi connectivity index (χ0n) is 19.0. The van der Waals surface area contributed by atoms with Crippen LogP contribution in [0.1, 0.15) is 5.56 Å². The van der Waals surface area contributed by atoms with Crippen molar-refractivity contribution < 1.29 is 0 Å². The molecule has 4 heteroatoms. The first kappa shape index (κ1) is 21.3. The summed E-state index contributed by atoms with van der Waals surface area (Å²) < 4.78 is 0. The number of H-pyrrole nitrogens is 1. The fourth-order valence-corrected chi connectivity index (χ4v) is 4.85. The maximum Gasteiger partial charge on any atom is 0.258 e. The Morgan fingerprint density at radius 2 is 1.46 bits per heavy atom. The van der Waals surface area contributed by atoms with E-state index in [0.29, 0.717) is 16.3 Å². The Balaban J connectivity index is 1.74. The average molecular weight is 473 g/mol. The summed E-state index contributed by atoms with van der Waals surface area (Å²) >= 11 is 6.16. The van der Waals surface area contributed by atoms with Gasteiger partial charge in [0.15, 0.2) is 0 Å². The topological polar surface area (TPSA) is 45.8 Å². The average Bonchev–Trinajstić information content (AvgIpc) is 2.88. The van der Waals surface area contributed by atoms with Crippen LogP contribution in [0.5, 0.6) is 0 Å². The fraction of sp³-hybridized carbons (Fsp3) is 0.0323. The van der Waals surface area contributed by atoms with Crippen molar-refractivity contribution in [2.75, 3.05) is 0 Å². The van der Waals surface area contributed by atoms with E-state index in [0.717, 1.165) is 49.6 Å². The highest BCUT2D eigenvalue weighted by Crippen LogP contribution is 2.38. The SMILES string of the molecule is Cc1ccc2[nH]c(=O)c(-c3cc(-c4ccc(Cl)cc4)c4ccccc4n3)c(-c3ccccc3)c2c1. The van der Waals surface area contributed by atoms with Gasteiger partial charge in [-0.25, -0.2) is 4.98 Å². The number of hydrogen-bond donors (Lipinski definition) is 1. The number of benzene rings is 4. The van der Waals surface area contributed by atoms with E-state index in [4.69, 9.17) is 16.6 Å². The summed E-state index contributed by atoms with van der Waals surface area (Å²) in [7, 11) is 0. The van der Waals surface area contributed by atoms with Crippen molar-refractivity contribution in [3.05, 3.63) is 124 Å². The normalized spacial score (nSPS) is 11.3. The summed E-state index contributed by atoms with van der Waals surface area (Å²) in [5, 5.41) is 2.70. The summed E-state index contributed by atoms with van der Waals surface area (Å²) in [6.45, 7) is 2.06. The molecule has 0 saturated heterocycles. The highest BCUT2D eigenvalue weighted by Gasteiger charge is 2.19. The molecule has 0 aliphatic carbocycles. The predicted molar refractivity (Wildman–Crippen MR) is 146 cm³/mol. The lowest BCUT2D eigenvalue weighted by Gasteiger charge is -2.15. The molecule has 0 radical (unpaired) electrons. The Morgan fingerprint density at radius 3 is 2.26 bits per heavy atom. The first-order valence-electron chi connectivity index (χ1n) is 11.5. The van der Waals surface area contributed by atoms with Crippen LogP contribution in [-0.4, -0.2) is 9.97 Å². The summed E-state index contributed by atoms with van der Waals surface area (Å²) in [6.07, 6.45) is 0. The molecular formula is C31H21ClN2O. The van der Waals surface area contributed by atoms with Crippen LogP contribution < -0.4 is 5.56 Å². The zero-order chi connectivity index (χ0) is 23.9. The van der Waals surface area contributed by atoms with Crippen LogP contribution in [0.4, 0.5) is 0 Å². The second-order valence-corrected chi connectivity index (χ2v) is 9.13. The summed E-state index contributed by atoms with van der Waals surface area (Å²) in [5.41, 5.74) is 7.69. The number of aromatic nitrogens is 2. The van der Waals surface area contributed by atoms with Crippen molar-refractivity contribution in [1.82, 2.24) is 9.97 Å². The van der Waals surface area contributed by atoms with Gasteiger partial charge in [-0.05, 0) is 60.0 Å². The van der Waals surface area contributed by atoms with Gasteiger partial charge in [0.1, 0.15) is 0 Å². The van der Waals surface area contributed by atoms with E-state index >= 15 is 0 Å². The van der Waals surface area contributed by atoms with Crippen LogP contribution in [0.15, 0.2) is 108 Å². The molecule has 2 aromatic heterocycles. The van der Waals surface area contributed by atoms with Crippen molar-refractivity contribution in [2.45, 2.75) is 6.92 Å². The minimum absolute atomic E-state index is 0.162. The Hall–Kier alpha value is -4.21. The van der Waals surface area contributed by atoms with Crippen molar-refractivity contribution >= 4 is 33.4 Å². The number of halogens is 1. The van der Waals surface area contributed by atoms with E-state index in [1.54, 1.807) is 0 Å². The fourth-order valence-electron chi connectivity index (χ4n) is 4.73. The number of hydrogen-bond acceptors (Lipinski definition) is 2. The molecule has 0 saturated carbocycles. The first-order chi connectivity index (χ1) is 17.1. The second kappa shape index (κ2) is 8.53. The number of para-hydroxylation sites is 1. The molecule has 2 heterocycles. The second-order valence-electron chi connectivity index (χ2n) is 8.70. The van der Waals surface area contributed by atoms with Gasteiger partial charge in [-0.1, -0.05) is 83.9 Å². The number of fused-ring (bicyclic) bond motifs is 2. The van der Waals surface area contributed by atoms with Crippen molar-refractivity contribution in [1.29, 1.82) is 0 Å². The lowest BCUT2D eigenvalue weighted by atomic mass is 9.92. The molecule has 0 unspecified atom stereocenters. The van der Waals surface area contributed by atoms with Gasteiger partial charge in [-0.15, -0.1) is 0 Å². The number of nitrogens with one attached hydrogen (secondary N) is 1. The Bertz CT molecular complexity index is 1770. The molecule has 3 nitrogen and oxygen atoms in total. The van der Waals surface area contributed by atoms with Crippen molar-refractivity contribution in [3.8, 4) is 33.5 Å². The smallest absolute Gasteiger partial charge is 0.258 e. The van der Waals surface area contributed by atoms with E-state index in [9.17, 15) is 4.79 Å². The van der Waals surface area contributed by atoms with Gasteiger partial charge in [0, 0.05) is 26.9 Å². The van der Waals surface area contributed by atoms with Crippen LogP contribution >= 0.6 is 11.6 Å². The molecular weight excluding hydrogens is 452 g/mol. The molecule has 35 heavy (non-hydrogen) atoms. The highest BCUT2D eigenvalue weighted by molar-refractivity contribution is 6.30. The molecule has 0 spiro atoms. The van der Waals surface area contributed by atoms with Gasteiger partial charge in [0.25, 0.3) is 5.56 Å². The third-order valence-corrected chi connectivity index (χ3v) is 6.61. The molecule has 0 atom stereocenters. The molecule has 0 bridgehead atoms. The maximum absolute atomic E-state index is 13.6. The number of nitrogens with zero attached hydrogens (tertiary/aromatic N) is 1. The lowest BCUT2D eigenvalue weighted by molar-refractivity contribution is 1.28. The quantitative estimate of drug-likeness (QED) is 0.283. The summed E-state index contributed by atoms with van der Waals surface area (Å²) in [5.74, 6) is 0. The van der Waals surface area contributed by atoms with Crippen molar-refractivity contribution in [3.63, 3.8) is 0 Å². The minimum atomic E-state index is -0.162.